The SMILES string of the molecule is CNC(=O)C[C@]1(O)COCCN(C(=O)C2CCC(F)(F)CC2)C1. The first-order chi connectivity index (χ1) is 10.7. The predicted octanol–water partition coefficient (Wildman–Crippen LogP) is 0.538. The van der Waals surface area contributed by atoms with Crippen molar-refractivity contribution in [3.63, 3.8) is 0 Å². The smallest absolute Gasteiger partial charge is 0.248 e. The van der Waals surface area contributed by atoms with Crippen LogP contribution in [0.15, 0.2) is 0 Å². The highest BCUT2D eigenvalue weighted by Crippen LogP contribution is 2.37. The van der Waals surface area contributed by atoms with E-state index in [-0.39, 0.29) is 63.7 Å². The average Bonchev–Trinajstić information content (AvgIpc) is 2.68. The zero-order valence-electron chi connectivity index (χ0n) is 13.3. The van der Waals surface area contributed by atoms with Crippen molar-refractivity contribution in [2.75, 3.05) is 33.4 Å². The Balaban J connectivity index is 2.00. The Morgan fingerprint density at radius 1 is 1.35 bits per heavy atom. The van der Waals surface area contributed by atoms with Crippen LogP contribution in [-0.2, 0) is 14.3 Å². The van der Waals surface area contributed by atoms with Crippen LogP contribution in [0.5, 0.6) is 0 Å². The lowest BCUT2D eigenvalue weighted by molar-refractivity contribution is -0.144. The van der Waals surface area contributed by atoms with Gasteiger partial charge in [-0.3, -0.25) is 9.59 Å². The van der Waals surface area contributed by atoms with Crippen molar-refractivity contribution < 1.29 is 28.2 Å². The zero-order chi connectivity index (χ0) is 17.1. The van der Waals surface area contributed by atoms with E-state index in [1.54, 1.807) is 0 Å². The highest BCUT2D eigenvalue weighted by Gasteiger charge is 2.41. The van der Waals surface area contributed by atoms with E-state index in [1.165, 1.54) is 11.9 Å². The minimum atomic E-state index is -2.68. The van der Waals surface area contributed by atoms with Gasteiger partial charge < -0.3 is 20.1 Å². The van der Waals surface area contributed by atoms with Gasteiger partial charge in [0.1, 0.15) is 5.60 Å². The number of hydrogen-bond donors (Lipinski definition) is 2. The molecule has 2 amide bonds. The second-order valence-corrected chi connectivity index (χ2v) is 6.52. The third-order valence-corrected chi connectivity index (χ3v) is 4.51. The summed E-state index contributed by atoms with van der Waals surface area (Å²) in [5.74, 6) is -3.71. The quantitative estimate of drug-likeness (QED) is 0.789. The number of nitrogens with zero attached hydrogens (tertiary/aromatic N) is 1. The maximum absolute atomic E-state index is 13.2. The number of carbonyl (C=O) groups is 2. The number of carbonyl (C=O) groups excluding carboxylic acids is 2. The maximum atomic E-state index is 13.2. The summed E-state index contributed by atoms with van der Waals surface area (Å²) in [7, 11) is 1.47. The van der Waals surface area contributed by atoms with Crippen LogP contribution in [-0.4, -0.2) is 66.7 Å². The third kappa shape index (κ3) is 4.84. The summed E-state index contributed by atoms with van der Waals surface area (Å²) >= 11 is 0. The first-order valence-corrected chi connectivity index (χ1v) is 7.92. The molecule has 2 rings (SSSR count). The molecule has 6 nitrogen and oxygen atoms in total. The van der Waals surface area contributed by atoms with Crippen molar-refractivity contribution in [3.8, 4) is 0 Å². The molecular weight excluding hydrogens is 310 g/mol. The topological polar surface area (TPSA) is 78.9 Å². The van der Waals surface area contributed by atoms with Crippen LogP contribution in [0.25, 0.3) is 0 Å². The zero-order valence-corrected chi connectivity index (χ0v) is 13.3. The van der Waals surface area contributed by atoms with Crippen molar-refractivity contribution in [3.05, 3.63) is 0 Å². The standard InChI is InChI=1S/C15H24F2N2O4/c1-18-12(20)8-14(22)9-19(6-7-23-10-14)13(21)11-2-4-15(16,17)5-3-11/h11,22H,2-10H2,1H3,(H,18,20)/t14-/m1/s1. The molecular formula is C15H24F2N2O4. The predicted molar refractivity (Wildman–Crippen MR) is 77.9 cm³/mol. The molecule has 0 unspecified atom stereocenters. The van der Waals surface area contributed by atoms with Crippen molar-refractivity contribution in [2.45, 2.75) is 43.6 Å². The summed E-state index contributed by atoms with van der Waals surface area (Å²) < 4.78 is 31.8. The molecule has 1 heterocycles. The summed E-state index contributed by atoms with van der Waals surface area (Å²) in [6.45, 7) is 0.492. The lowest BCUT2D eigenvalue weighted by atomic mass is 9.85. The van der Waals surface area contributed by atoms with Crippen LogP contribution in [0.1, 0.15) is 32.1 Å². The molecule has 2 N–H and O–H groups in total. The Bertz CT molecular complexity index is 451. The molecule has 0 spiro atoms. The summed E-state index contributed by atoms with van der Waals surface area (Å²) in [5, 5.41) is 13.0. The van der Waals surface area contributed by atoms with Crippen LogP contribution in [0.3, 0.4) is 0 Å². The molecule has 0 aromatic carbocycles. The van der Waals surface area contributed by atoms with Gasteiger partial charge >= 0.3 is 0 Å². The highest BCUT2D eigenvalue weighted by molar-refractivity contribution is 5.80. The van der Waals surface area contributed by atoms with Gasteiger partial charge in [0.15, 0.2) is 0 Å². The number of amides is 2. The van der Waals surface area contributed by atoms with Crippen LogP contribution >= 0.6 is 0 Å². The van der Waals surface area contributed by atoms with Gasteiger partial charge in [-0.05, 0) is 12.8 Å². The van der Waals surface area contributed by atoms with Crippen LogP contribution < -0.4 is 5.32 Å². The summed E-state index contributed by atoms with van der Waals surface area (Å²) in [4.78, 5) is 25.6. The molecule has 1 saturated carbocycles. The minimum Gasteiger partial charge on any atom is -0.385 e. The normalized spacial score (nSPS) is 29.0. The van der Waals surface area contributed by atoms with Gasteiger partial charge in [0.2, 0.25) is 17.7 Å². The summed E-state index contributed by atoms with van der Waals surface area (Å²) in [6, 6.07) is 0. The summed E-state index contributed by atoms with van der Waals surface area (Å²) in [6.07, 6.45) is -0.434. The van der Waals surface area contributed by atoms with Gasteiger partial charge in [-0.2, -0.15) is 0 Å². The molecule has 1 saturated heterocycles. The fourth-order valence-corrected chi connectivity index (χ4v) is 3.14. The molecule has 8 heteroatoms. The molecule has 0 radical (unpaired) electrons. The van der Waals surface area contributed by atoms with Crippen molar-refractivity contribution in [1.29, 1.82) is 0 Å². The molecule has 1 aliphatic heterocycles. The van der Waals surface area contributed by atoms with Crippen LogP contribution in [0.2, 0.25) is 0 Å². The average molecular weight is 334 g/mol. The fourth-order valence-electron chi connectivity index (χ4n) is 3.14. The Hall–Kier alpha value is -1.28. The monoisotopic (exact) mass is 334 g/mol. The molecule has 132 valence electrons. The molecule has 0 bridgehead atoms. The number of nitrogens with one attached hydrogen (secondary N) is 1. The number of aliphatic hydroxyl groups is 1. The first-order valence-electron chi connectivity index (χ1n) is 7.92. The number of alkyl halides is 2. The largest absolute Gasteiger partial charge is 0.385 e. The maximum Gasteiger partial charge on any atom is 0.248 e. The molecule has 1 atom stereocenters. The van der Waals surface area contributed by atoms with E-state index in [9.17, 15) is 23.5 Å². The molecule has 0 aromatic heterocycles. The van der Waals surface area contributed by atoms with Gasteiger partial charge in [-0.25, -0.2) is 8.78 Å². The number of halogens is 2. The van der Waals surface area contributed by atoms with E-state index in [1.807, 2.05) is 0 Å². The van der Waals surface area contributed by atoms with Crippen LogP contribution in [0.4, 0.5) is 8.78 Å². The Morgan fingerprint density at radius 2 is 2.00 bits per heavy atom. The molecule has 2 fully saturated rings. The minimum absolute atomic E-state index is 0.0217. The van der Waals surface area contributed by atoms with Crippen LogP contribution in [0, 0.1) is 5.92 Å². The Labute approximate surface area is 134 Å². The molecule has 1 aliphatic carbocycles. The third-order valence-electron chi connectivity index (χ3n) is 4.51. The number of ether oxygens (including phenoxy) is 1. The van der Waals surface area contributed by atoms with E-state index in [0.717, 1.165) is 0 Å². The van der Waals surface area contributed by atoms with E-state index in [4.69, 9.17) is 4.74 Å². The van der Waals surface area contributed by atoms with Gasteiger partial charge in [-0.1, -0.05) is 0 Å². The lowest BCUT2D eigenvalue weighted by Gasteiger charge is -2.34. The van der Waals surface area contributed by atoms with Crippen molar-refractivity contribution in [1.82, 2.24) is 10.2 Å². The van der Waals surface area contributed by atoms with Crippen molar-refractivity contribution >= 4 is 11.8 Å². The second-order valence-electron chi connectivity index (χ2n) is 6.52. The summed E-state index contributed by atoms with van der Waals surface area (Å²) in [5.41, 5.74) is -1.45. The Kier molecular flexibility index (Phi) is 5.57. The first kappa shape index (κ1) is 18.1. The highest BCUT2D eigenvalue weighted by atomic mass is 19.3. The van der Waals surface area contributed by atoms with Gasteiger partial charge in [-0.15, -0.1) is 0 Å². The van der Waals surface area contributed by atoms with E-state index in [2.05, 4.69) is 5.32 Å². The van der Waals surface area contributed by atoms with Gasteiger partial charge in [0.05, 0.1) is 26.2 Å². The van der Waals surface area contributed by atoms with Crippen molar-refractivity contribution in [2.24, 2.45) is 5.92 Å². The molecule has 23 heavy (non-hydrogen) atoms. The second kappa shape index (κ2) is 7.09. The van der Waals surface area contributed by atoms with E-state index in [0.29, 0.717) is 6.54 Å². The Morgan fingerprint density at radius 3 is 2.61 bits per heavy atom. The number of β-amino-alcohol motifs (C(OH)–C–C–N with tert-alkyl or cyclic N) is 1. The number of hydrogen-bond acceptors (Lipinski definition) is 4. The molecule has 0 aromatic rings. The lowest BCUT2D eigenvalue weighted by Crippen LogP contribution is -2.50. The van der Waals surface area contributed by atoms with E-state index < -0.39 is 17.4 Å². The number of rotatable bonds is 3. The van der Waals surface area contributed by atoms with Gasteiger partial charge in [0.25, 0.3) is 0 Å². The molecule has 2 aliphatic rings. The van der Waals surface area contributed by atoms with Gasteiger partial charge in [0, 0.05) is 32.4 Å². The fraction of sp³-hybridized carbons (Fsp3) is 0.867. The van der Waals surface area contributed by atoms with E-state index >= 15 is 0 Å².